The van der Waals surface area contributed by atoms with Crippen molar-refractivity contribution < 1.29 is 0 Å². The summed E-state index contributed by atoms with van der Waals surface area (Å²) in [5, 5.41) is 11.2. The van der Waals surface area contributed by atoms with Crippen molar-refractivity contribution in [1.82, 2.24) is 9.78 Å². The lowest BCUT2D eigenvalue weighted by Gasteiger charge is -1.99. The van der Waals surface area contributed by atoms with Crippen LogP contribution in [0.3, 0.4) is 0 Å². The van der Waals surface area contributed by atoms with Crippen LogP contribution >= 0.6 is 0 Å². The fourth-order valence-corrected chi connectivity index (χ4v) is 2.02. The molecule has 0 radical (unpaired) electrons. The largest absolute Gasteiger partial charge is 0.299 e. The van der Waals surface area contributed by atoms with Crippen LogP contribution in [0.4, 0.5) is 11.4 Å². The summed E-state index contributed by atoms with van der Waals surface area (Å²) in [5.74, 6) is 0. The lowest BCUT2D eigenvalue weighted by Crippen LogP contribution is -2.13. The van der Waals surface area contributed by atoms with Crippen molar-refractivity contribution in [3.05, 3.63) is 76.7 Å². The van der Waals surface area contributed by atoms with E-state index < -0.39 is 0 Å². The number of aryl methyl sites for hydroxylation is 1. The molecule has 0 unspecified atom stereocenters. The fourth-order valence-electron chi connectivity index (χ4n) is 2.02. The first-order chi connectivity index (χ1) is 10.3. The molecule has 0 saturated carbocycles. The molecule has 5 nitrogen and oxygen atoms in total. The van der Waals surface area contributed by atoms with Gasteiger partial charge in [0.25, 0.3) is 5.56 Å². The molecular weight excluding hydrogens is 264 g/mol. The smallest absolute Gasteiger partial charge is 0.293 e. The lowest BCUT2D eigenvalue weighted by atomic mass is 10.3. The van der Waals surface area contributed by atoms with Crippen molar-refractivity contribution in [2.75, 3.05) is 0 Å². The first-order valence-corrected chi connectivity index (χ1v) is 6.59. The molecule has 0 bridgehead atoms. The zero-order valence-electron chi connectivity index (χ0n) is 11.5. The molecule has 0 aliphatic rings. The van der Waals surface area contributed by atoms with Crippen LogP contribution in [0.5, 0.6) is 0 Å². The minimum absolute atomic E-state index is 0.210. The standard InChI is InChI=1S/C16H14N4O/c1-12-15(18-17-13-8-4-2-5-9-13)16(21)20(19-12)14-10-6-3-7-11-14/h2-11,19H,1H3/b18-17+. The summed E-state index contributed by atoms with van der Waals surface area (Å²) < 4.78 is 1.47. The molecule has 21 heavy (non-hydrogen) atoms. The highest BCUT2D eigenvalue weighted by Crippen LogP contribution is 2.18. The Morgan fingerprint density at radius 2 is 1.52 bits per heavy atom. The average Bonchev–Trinajstić information content (AvgIpc) is 2.82. The van der Waals surface area contributed by atoms with Crippen LogP contribution in [-0.2, 0) is 0 Å². The second-order valence-electron chi connectivity index (χ2n) is 4.60. The summed E-state index contributed by atoms with van der Waals surface area (Å²) in [4.78, 5) is 12.4. The monoisotopic (exact) mass is 278 g/mol. The minimum atomic E-state index is -0.210. The number of nitrogens with one attached hydrogen (secondary N) is 1. The van der Waals surface area contributed by atoms with Gasteiger partial charge in [0.15, 0.2) is 5.69 Å². The van der Waals surface area contributed by atoms with E-state index in [4.69, 9.17) is 0 Å². The molecule has 1 aromatic heterocycles. The summed E-state index contributed by atoms with van der Waals surface area (Å²) >= 11 is 0. The highest BCUT2D eigenvalue weighted by molar-refractivity contribution is 5.44. The second kappa shape index (κ2) is 5.58. The van der Waals surface area contributed by atoms with E-state index in [-0.39, 0.29) is 5.56 Å². The van der Waals surface area contributed by atoms with Gasteiger partial charge in [-0.05, 0) is 31.2 Å². The number of aromatic nitrogens is 2. The quantitative estimate of drug-likeness (QED) is 0.726. The molecule has 0 aliphatic carbocycles. The Hall–Kier alpha value is -2.95. The number of hydrogen-bond acceptors (Lipinski definition) is 3. The van der Waals surface area contributed by atoms with E-state index >= 15 is 0 Å². The summed E-state index contributed by atoms with van der Waals surface area (Å²) in [6.45, 7) is 1.81. The maximum Gasteiger partial charge on any atom is 0.299 e. The predicted octanol–water partition coefficient (Wildman–Crippen LogP) is 3.89. The van der Waals surface area contributed by atoms with E-state index in [1.165, 1.54) is 4.68 Å². The molecule has 0 atom stereocenters. The van der Waals surface area contributed by atoms with Crippen LogP contribution in [0.2, 0.25) is 0 Å². The van der Waals surface area contributed by atoms with Gasteiger partial charge in [-0.1, -0.05) is 36.4 Å². The van der Waals surface area contributed by atoms with Gasteiger partial charge >= 0.3 is 0 Å². The van der Waals surface area contributed by atoms with Crippen LogP contribution in [0, 0.1) is 6.92 Å². The number of para-hydroxylation sites is 1. The Morgan fingerprint density at radius 3 is 2.19 bits per heavy atom. The fraction of sp³-hybridized carbons (Fsp3) is 0.0625. The Labute approximate surface area is 121 Å². The third kappa shape index (κ3) is 2.67. The Kier molecular flexibility index (Phi) is 3.47. The van der Waals surface area contributed by atoms with E-state index in [0.717, 1.165) is 5.69 Å². The van der Waals surface area contributed by atoms with Gasteiger partial charge in [0.05, 0.1) is 17.1 Å². The van der Waals surface area contributed by atoms with Gasteiger partial charge in [0, 0.05) is 0 Å². The van der Waals surface area contributed by atoms with Crippen molar-refractivity contribution in [3.63, 3.8) is 0 Å². The molecule has 5 heteroatoms. The van der Waals surface area contributed by atoms with Crippen LogP contribution in [0.15, 0.2) is 75.7 Å². The van der Waals surface area contributed by atoms with Crippen molar-refractivity contribution in [2.24, 2.45) is 10.2 Å². The summed E-state index contributed by atoms with van der Waals surface area (Å²) in [5.41, 5.74) is 2.28. The number of H-pyrrole nitrogens is 1. The van der Waals surface area contributed by atoms with Gasteiger partial charge in [0.1, 0.15) is 0 Å². The summed E-state index contributed by atoms with van der Waals surface area (Å²) in [7, 11) is 0. The Balaban J connectivity index is 2.00. The predicted molar refractivity (Wildman–Crippen MR) is 81.7 cm³/mol. The third-order valence-corrected chi connectivity index (χ3v) is 3.08. The van der Waals surface area contributed by atoms with Gasteiger partial charge in [-0.3, -0.25) is 9.89 Å². The molecule has 0 spiro atoms. The number of rotatable bonds is 3. The minimum Gasteiger partial charge on any atom is -0.293 e. The van der Waals surface area contributed by atoms with Gasteiger partial charge in [0.2, 0.25) is 0 Å². The van der Waals surface area contributed by atoms with Crippen LogP contribution in [0.1, 0.15) is 5.69 Å². The first kappa shape index (κ1) is 13.1. The van der Waals surface area contributed by atoms with E-state index in [9.17, 15) is 4.79 Å². The highest BCUT2D eigenvalue weighted by Gasteiger charge is 2.11. The van der Waals surface area contributed by atoms with Crippen molar-refractivity contribution in [3.8, 4) is 5.69 Å². The van der Waals surface area contributed by atoms with Crippen molar-refractivity contribution in [2.45, 2.75) is 6.92 Å². The molecule has 0 saturated heterocycles. The average molecular weight is 278 g/mol. The van der Waals surface area contributed by atoms with Crippen LogP contribution in [-0.4, -0.2) is 9.78 Å². The molecule has 2 aromatic carbocycles. The van der Waals surface area contributed by atoms with Crippen molar-refractivity contribution >= 4 is 11.4 Å². The highest BCUT2D eigenvalue weighted by atomic mass is 16.1. The number of azo groups is 1. The van der Waals surface area contributed by atoms with Gasteiger partial charge in [-0.15, -0.1) is 5.11 Å². The lowest BCUT2D eigenvalue weighted by molar-refractivity contribution is 0.835. The number of benzene rings is 2. The molecule has 1 heterocycles. The molecule has 1 N–H and O–H groups in total. The van der Waals surface area contributed by atoms with Gasteiger partial charge in [-0.2, -0.15) is 5.11 Å². The van der Waals surface area contributed by atoms with E-state index in [1.807, 2.05) is 60.7 Å². The molecular formula is C16H14N4O. The maximum atomic E-state index is 12.4. The van der Waals surface area contributed by atoms with Crippen molar-refractivity contribution in [1.29, 1.82) is 0 Å². The van der Waals surface area contributed by atoms with Gasteiger partial charge in [-0.25, -0.2) is 4.68 Å². The zero-order valence-corrected chi connectivity index (χ0v) is 11.5. The summed E-state index contributed by atoms with van der Waals surface area (Å²) in [6, 6.07) is 18.7. The van der Waals surface area contributed by atoms with E-state index in [2.05, 4.69) is 15.3 Å². The molecule has 0 amide bonds. The van der Waals surface area contributed by atoms with E-state index in [1.54, 1.807) is 6.92 Å². The Morgan fingerprint density at radius 1 is 0.905 bits per heavy atom. The van der Waals surface area contributed by atoms with E-state index in [0.29, 0.717) is 17.1 Å². The summed E-state index contributed by atoms with van der Waals surface area (Å²) in [6.07, 6.45) is 0. The molecule has 3 rings (SSSR count). The molecule has 104 valence electrons. The molecule has 0 aliphatic heterocycles. The van der Waals surface area contributed by atoms with Crippen LogP contribution < -0.4 is 5.56 Å². The second-order valence-corrected chi connectivity index (χ2v) is 4.60. The van der Waals surface area contributed by atoms with Gasteiger partial charge < -0.3 is 0 Å². The first-order valence-electron chi connectivity index (χ1n) is 6.59. The third-order valence-electron chi connectivity index (χ3n) is 3.08. The topological polar surface area (TPSA) is 62.5 Å². The number of nitrogens with zero attached hydrogens (tertiary/aromatic N) is 3. The molecule has 0 fully saturated rings. The normalized spacial score (nSPS) is 11.1. The Bertz CT molecular complexity index is 816. The molecule has 3 aromatic rings. The number of aromatic amines is 1. The maximum absolute atomic E-state index is 12.4. The number of hydrogen-bond donors (Lipinski definition) is 1. The van der Waals surface area contributed by atoms with Crippen LogP contribution in [0.25, 0.3) is 5.69 Å². The zero-order chi connectivity index (χ0) is 14.7. The SMILES string of the molecule is Cc1[nH]n(-c2ccccc2)c(=O)c1/N=N/c1ccccc1.